The van der Waals surface area contributed by atoms with E-state index in [1.54, 1.807) is 17.0 Å². The summed E-state index contributed by atoms with van der Waals surface area (Å²) in [4.78, 5) is 31.3. The van der Waals surface area contributed by atoms with Crippen molar-refractivity contribution >= 4 is 23.2 Å². The summed E-state index contributed by atoms with van der Waals surface area (Å²) >= 11 is 0. The third-order valence-corrected chi connectivity index (χ3v) is 6.51. The Labute approximate surface area is 201 Å². The van der Waals surface area contributed by atoms with E-state index in [0.29, 0.717) is 5.69 Å². The Bertz CT molecular complexity index is 1130. The number of nitrogens with zero attached hydrogens (tertiary/aromatic N) is 2. The molecule has 2 amide bonds. The quantitative estimate of drug-likeness (QED) is 0.513. The fraction of sp³-hybridized carbons (Fsp3) is 0.357. The lowest BCUT2D eigenvalue weighted by Gasteiger charge is -2.33. The molecule has 0 aliphatic heterocycles. The van der Waals surface area contributed by atoms with Crippen LogP contribution in [-0.4, -0.2) is 32.0 Å². The summed E-state index contributed by atoms with van der Waals surface area (Å²) in [6.07, 6.45) is 5.63. The van der Waals surface area contributed by atoms with Gasteiger partial charge in [-0.15, -0.1) is 0 Å². The number of aryl methyl sites for hydroxylation is 2. The van der Waals surface area contributed by atoms with Gasteiger partial charge in [0.05, 0.1) is 6.26 Å². The first kappa shape index (κ1) is 23.6. The molecule has 0 saturated heterocycles. The highest BCUT2D eigenvalue weighted by Gasteiger charge is 2.36. The van der Waals surface area contributed by atoms with Crippen LogP contribution < -0.4 is 15.1 Å². The maximum absolute atomic E-state index is 13.9. The molecule has 0 bridgehead atoms. The zero-order valence-corrected chi connectivity index (χ0v) is 20.4. The maximum Gasteiger partial charge on any atom is 0.294 e. The lowest BCUT2D eigenvalue weighted by Crippen LogP contribution is -2.46. The first-order chi connectivity index (χ1) is 16.3. The summed E-state index contributed by atoms with van der Waals surface area (Å²) in [6, 6.07) is 16.4. The predicted octanol–water partition coefficient (Wildman–Crippen LogP) is 5.41. The normalized spacial score (nSPS) is 14.6. The molecule has 0 spiro atoms. The van der Waals surface area contributed by atoms with Gasteiger partial charge in [0, 0.05) is 31.5 Å². The molecule has 34 heavy (non-hydrogen) atoms. The van der Waals surface area contributed by atoms with Gasteiger partial charge < -0.3 is 14.6 Å². The summed E-state index contributed by atoms with van der Waals surface area (Å²) < 4.78 is 5.49. The standard InChI is InChI=1S/C28H33N3O3/c1-19-11-12-20(2)24(18-19)31(28(33)25-10-7-17-34-25)26(27(32)29-22-8-5-6-9-22)21-13-15-23(16-14-21)30(3)4/h7,10-18,22,26H,5-6,8-9H2,1-4H3,(H,29,32)/t26-/m1/s1. The van der Waals surface area contributed by atoms with Crippen molar-refractivity contribution in [2.45, 2.75) is 51.6 Å². The van der Waals surface area contributed by atoms with Crippen LogP contribution >= 0.6 is 0 Å². The van der Waals surface area contributed by atoms with Gasteiger partial charge in [-0.1, -0.05) is 37.1 Å². The van der Waals surface area contributed by atoms with Crippen LogP contribution in [0.15, 0.2) is 65.3 Å². The maximum atomic E-state index is 13.9. The number of nitrogens with one attached hydrogen (secondary N) is 1. The van der Waals surface area contributed by atoms with Crippen LogP contribution in [0, 0.1) is 13.8 Å². The van der Waals surface area contributed by atoms with Gasteiger partial charge in [0.15, 0.2) is 5.76 Å². The van der Waals surface area contributed by atoms with Gasteiger partial charge in [-0.2, -0.15) is 0 Å². The summed E-state index contributed by atoms with van der Waals surface area (Å²) in [5, 5.41) is 3.23. The summed E-state index contributed by atoms with van der Waals surface area (Å²) in [5.74, 6) is -0.322. The molecule has 1 aromatic heterocycles. The van der Waals surface area contributed by atoms with E-state index in [4.69, 9.17) is 4.42 Å². The third kappa shape index (κ3) is 5.01. The number of amides is 2. The van der Waals surface area contributed by atoms with Crippen molar-refractivity contribution in [1.29, 1.82) is 0 Å². The van der Waals surface area contributed by atoms with Crippen LogP contribution in [0.2, 0.25) is 0 Å². The number of benzene rings is 2. The molecule has 1 aliphatic rings. The Morgan fingerprint density at radius 3 is 2.32 bits per heavy atom. The molecule has 6 heteroatoms. The highest BCUT2D eigenvalue weighted by molar-refractivity contribution is 6.09. The molecular weight excluding hydrogens is 426 g/mol. The molecular formula is C28H33N3O3. The summed E-state index contributed by atoms with van der Waals surface area (Å²) in [7, 11) is 3.95. The SMILES string of the molecule is Cc1ccc(C)c(N(C(=O)c2ccco2)[C@@H](C(=O)NC2CCCC2)c2ccc(N(C)C)cc2)c1. The fourth-order valence-corrected chi connectivity index (χ4v) is 4.59. The van der Waals surface area contributed by atoms with Crippen molar-refractivity contribution < 1.29 is 14.0 Å². The van der Waals surface area contributed by atoms with E-state index in [1.165, 1.54) is 6.26 Å². The monoisotopic (exact) mass is 459 g/mol. The van der Waals surface area contributed by atoms with Crippen molar-refractivity contribution in [2.24, 2.45) is 0 Å². The fourth-order valence-electron chi connectivity index (χ4n) is 4.59. The van der Waals surface area contributed by atoms with Crippen LogP contribution in [0.3, 0.4) is 0 Å². The van der Waals surface area contributed by atoms with Crippen LogP contribution in [0.5, 0.6) is 0 Å². The zero-order chi connectivity index (χ0) is 24.2. The molecule has 1 atom stereocenters. The Morgan fingerprint density at radius 1 is 1.00 bits per heavy atom. The molecule has 1 fully saturated rings. The molecule has 6 nitrogen and oxygen atoms in total. The second kappa shape index (κ2) is 10.2. The number of hydrogen-bond acceptors (Lipinski definition) is 4. The Morgan fingerprint density at radius 2 is 1.71 bits per heavy atom. The molecule has 0 radical (unpaired) electrons. The summed E-state index contributed by atoms with van der Waals surface area (Å²) in [5.41, 5.74) is 4.39. The van der Waals surface area contributed by atoms with E-state index in [1.807, 2.05) is 75.3 Å². The van der Waals surface area contributed by atoms with Crippen molar-refractivity contribution in [2.75, 3.05) is 23.9 Å². The van der Waals surface area contributed by atoms with Crippen LogP contribution in [0.4, 0.5) is 11.4 Å². The number of rotatable bonds is 7. The highest BCUT2D eigenvalue weighted by Crippen LogP contribution is 2.34. The third-order valence-electron chi connectivity index (χ3n) is 6.51. The average molecular weight is 460 g/mol. The molecule has 3 aromatic rings. The van der Waals surface area contributed by atoms with Gasteiger partial charge in [0.2, 0.25) is 5.91 Å². The minimum Gasteiger partial charge on any atom is -0.459 e. The Kier molecular flexibility index (Phi) is 7.06. The van der Waals surface area contributed by atoms with E-state index in [2.05, 4.69) is 5.32 Å². The van der Waals surface area contributed by atoms with Crippen LogP contribution in [0.25, 0.3) is 0 Å². The van der Waals surface area contributed by atoms with Crippen molar-refractivity contribution in [3.05, 3.63) is 83.3 Å². The van der Waals surface area contributed by atoms with Crippen molar-refractivity contribution in [3.8, 4) is 0 Å². The largest absolute Gasteiger partial charge is 0.459 e. The lowest BCUT2D eigenvalue weighted by molar-refractivity contribution is -0.123. The smallest absolute Gasteiger partial charge is 0.294 e. The number of hydrogen-bond donors (Lipinski definition) is 1. The van der Waals surface area contributed by atoms with E-state index in [9.17, 15) is 9.59 Å². The van der Waals surface area contributed by atoms with E-state index in [-0.39, 0.29) is 23.6 Å². The van der Waals surface area contributed by atoms with E-state index >= 15 is 0 Å². The van der Waals surface area contributed by atoms with Gasteiger partial charge in [0.1, 0.15) is 6.04 Å². The molecule has 1 heterocycles. The Balaban J connectivity index is 1.84. The summed E-state index contributed by atoms with van der Waals surface area (Å²) in [6.45, 7) is 3.94. The topological polar surface area (TPSA) is 65.8 Å². The van der Waals surface area contributed by atoms with Crippen molar-refractivity contribution in [3.63, 3.8) is 0 Å². The van der Waals surface area contributed by atoms with Gasteiger partial charge in [-0.25, -0.2) is 0 Å². The Hall–Kier alpha value is -3.54. The lowest BCUT2D eigenvalue weighted by atomic mass is 9.99. The molecule has 4 rings (SSSR count). The number of anilines is 2. The highest BCUT2D eigenvalue weighted by atomic mass is 16.3. The predicted molar refractivity (Wildman–Crippen MR) is 135 cm³/mol. The molecule has 178 valence electrons. The number of carbonyl (C=O) groups excluding carboxylic acids is 2. The first-order valence-electron chi connectivity index (χ1n) is 11.9. The van der Waals surface area contributed by atoms with Crippen LogP contribution in [-0.2, 0) is 4.79 Å². The second-order valence-corrected chi connectivity index (χ2v) is 9.32. The number of carbonyl (C=O) groups is 2. The minimum absolute atomic E-state index is 0.134. The molecule has 1 N–H and O–H groups in total. The van der Waals surface area contributed by atoms with Gasteiger partial charge >= 0.3 is 0 Å². The van der Waals surface area contributed by atoms with Gasteiger partial charge in [0.25, 0.3) is 5.91 Å². The van der Waals surface area contributed by atoms with E-state index in [0.717, 1.165) is 48.1 Å². The van der Waals surface area contributed by atoms with Gasteiger partial charge in [-0.3, -0.25) is 14.5 Å². The zero-order valence-electron chi connectivity index (χ0n) is 20.4. The van der Waals surface area contributed by atoms with Crippen LogP contribution in [0.1, 0.15) is 59.0 Å². The molecule has 1 aliphatic carbocycles. The molecule has 1 saturated carbocycles. The van der Waals surface area contributed by atoms with Crippen molar-refractivity contribution in [1.82, 2.24) is 5.32 Å². The minimum atomic E-state index is -0.838. The van der Waals surface area contributed by atoms with E-state index < -0.39 is 6.04 Å². The first-order valence-corrected chi connectivity index (χ1v) is 11.9. The average Bonchev–Trinajstić information content (AvgIpc) is 3.53. The number of furan rings is 1. The second-order valence-electron chi connectivity index (χ2n) is 9.32. The molecule has 0 unspecified atom stereocenters. The van der Waals surface area contributed by atoms with Gasteiger partial charge in [-0.05, 0) is 73.7 Å². The molecule has 2 aromatic carbocycles.